The van der Waals surface area contributed by atoms with Gasteiger partial charge >= 0.3 is 0 Å². The number of rotatable bonds is 5. The number of dihydropyridines is 1. The Bertz CT molecular complexity index is 501. The standard InChI is InChI=1S/C15H20FN3O/c1-3-10(2)15(20)13(6-17)14-5-4-12(7-18-14)19-8-11(16)9-19/h4-7,10-11,17-18H,3,8-9H2,1-2H3/b14-13+,17-6?. The zero-order valence-corrected chi connectivity index (χ0v) is 11.8. The average Bonchev–Trinajstić information content (AvgIpc) is 2.44. The number of allylic oxidation sites excluding steroid dienone is 3. The lowest BCUT2D eigenvalue weighted by atomic mass is 9.95. The lowest BCUT2D eigenvalue weighted by Gasteiger charge is -2.37. The lowest BCUT2D eigenvalue weighted by Crippen LogP contribution is -2.47. The number of carbonyl (C=O) groups excluding carboxylic acids is 1. The SMILES string of the molecule is CCC(C)C(=O)/C(C=N)=C1\C=CC(N2CC(F)C2)=CN1. The van der Waals surface area contributed by atoms with Gasteiger partial charge in [0, 0.05) is 18.3 Å². The van der Waals surface area contributed by atoms with Crippen LogP contribution < -0.4 is 5.32 Å². The smallest absolute Gasteiger partial charge is 0.169 e. The fourth-order valence-corrected chi connectivity index (χ4v) is 2.15. The predicted molar refractivity (Wildman–Crippen MR) is 77.1 cm³/mol. The highest BCUT2D eigenvalue weighted by Crippen LogP contribution is 2.22. The van der Waals surface area contributed by atoms with E-state index in [4.69, 9.17) is 5.41 Å². The quantitative estimate of drug-likeness (QED) is 0.598. The number of hydrogen-bond donors (Lipinski definition) is 2. The van der Waals surface area contributed by atoms with Gasteiger partial charge in [0.05, 0.1) is 30.1 Å². The summed E-state index contributed by atoms with van der Waals surface area (Å²) in [6, 6.07) is 0. The van der Waals surface area contributed by atoms with Gasteiger partial charge in [-0.25, -0.2) is 4.39 Å². The second kappa shape index (κ2) is 6.03. The summed E-state index contributed by atoms with van der Waals surface area (Å²) in [5.74, 6) is -0.123. The number of halogens is 1. The number of likely N-dealkylation sites (tertiary alicyclic amines) is 1. The molecule has 0 amide bonds. The highest BCUT2D eigenvalue weighted by atomic mass is 19.1. The number of nitrogens with one attached hydrogen (secondary N) is 2. The molecule has 0 spiro atoms. The molecule has 1 unspecified atom stereocenters. The zero-order valence-electron chi connectivity index (χ0n) is 11.8. The molecule has 0 aliphatic carbocycles. The molecule has 0 aromatic heterocycles. The molecule has 2 rings (SSSR count). The fraction of sp³-hybridized carbons (Fsp3) is 0.467. The van der Waals surface area contributed by atoms with Crippen molar-refractivity contribution >= 4 is 12.0 Å². The Morgan fingerprint density at radius 2 is 2.30 bits per heavy atom. The molecule has 5 heteroatoms. The van der Waals surface area contributed by atoms with Crippen molar-refractivity contribution in [2.45, 2.75) is 26.4 Å². The van der Waals surface area contributed by atoms with Gasteiger partial charge in [-0.3, -0.25) is 4.79 Å². The molecule has 4 nitrogen and oxygen atoms in total. The molecule has 0 bridgehead atoms. The van der Waals surface area contributed by atoms with E-state index in [2.05, 4.69) is 5.32 Å². The van der Waals surface area contributed by atoms with Crippen molar-refractivity contribution in [1.29, 1.82) is 5.41 Å². The molecular weight excluding hydrogens is 257 g/mol. The fourth-order valence-electron chi connectivity index (χ4n) is 2.15. The summed E-state index contributed by atoms with van der Waals surface area (Å²) in [6.45, 7) is 4.65. The van der Waals surface area contributed by atoms with Gasteiger partial charge in [-0.05, 0) is 18.6 Å². The second-order valence-electron chi connectivity index (χ2n) is 5.19. The van der Waals surface area contributed by atoms with Gasteiger partial charge in [-0.2, -0.15) is 0 Å². The Balaban J connectivity index is 2.11. The van der Waals surface area contributed by atoms with E-state index in [1.165, 1.54) is 0 Å². The molecule has 108 valence electrons. The molecule has 2 aliphatic heterocycles. The van der Waals surface area contributed by atoms with Crippen LogP contribution in [0.2, 0.25) is 0 Å². The first kappa shape index (κ1) is 14.5. The van der Waals surface area contributed by atoms with Crippen LogP contribution in [0.4, 0.5) is 4.39 Å². The predicted octanol–water partition coefficient (Wildman–Crippen LogP) is 2.16. The van der Waals surface area contributed by atoms with Gasteiger partial charge in [-0.1, -0.05) is 13.8 Å². The van der Waals surface area contributed by atoms with Crippen LogP contribution in [0.15, 0.2) is 35.3 Å². The molecule has 2 aliphatic rings. The number of alkyl halides is 1. The molecule has 1 fully saturated rings. The summed E-state index contributed by atoms with van der Waals surface area (Å²) in [4.78, 5) is 14.1. The molecule has 0 radical (unpaired) electrons. The summed E-state index contributed by atoms with van der Waals surface area (Å²) < 4.78 is 12.8. The van der Waals surface area contributed by atoms with Crippen LogP contribution in [0.1, 0.15) is 20.3 Å². The first-order valence-corrected chi connectivity index (χ1v) is 6.89. The Labute approximate surface area is 118 Å². The normalized spacial score (nSPS) is 22.6. The molecular formula is C15H20FN3O. The summed E-state index contributed by atoms with van der Waals surface area (Å²) in [7, 11) is 0. The van der Waals surface area contributed by atoms with Gasteiger partial charge in [-0.15, -0.1) is 0 Å². The summed E-state index contributed by atoms with van der Waals surface area (Å²) in [5.41, 5.74) is 1.92. The van der Waals surface area contributed by atoms with E-state index in [-0.39, 0.29) is 11.7 Å². The highest BCUT2D eigenvalue weighted by molar-refractivity contribution is 6.14. The van der Waals surface area contributed by atoms with Crippen LogP contribution >= 0.6 is 0 Å². The second-order valence-corrected chi connectivity index (χ2v) is 5.19. The van der Waals surface area contributed by atoms with Crippen LogP contribution in [-0.4, -0.2) is 36.2 Å². The number of nitrogens with zero attached hydrogens (tertiary/aromatic N) is 1. The summed E-state index contributed by atoms with van der Waals surface area (Å²) in [5, 5.41) is 10.5. The molecule has 0 saturated carbocycles. The minimum absolute atomic E-state index is 0.0285. The van der Waals surface area contributed by atoms with E-state index in [1.54, 1.807) is 12.3 Å². The van der Waals surface area contributed by atoms with Gasteiger partial charge in [0.15, 0.2) is 5.78 Å². The van der Waals surface area contributed by atoms with E-state index < -0.39 is 6.17 Å². The van der Waals surface area contributed by atoms with E-state index in [1.807, 2.05) is 24.8 Å². The summed E-state index contributed by atoms with van der Waals surface area (Å²) in [6.07, 6.45) is 6.49. The van der Waals surface area contributed by atoms with Crippen molar-refractivity contribution < 1.29 is 9.18 Å². The maximum absolute atomic E-state index is 12.8. The summed E-state index contributed by atoms with van der Waals surface area (Å²) >= 11 is 0. The van der Waals surface area contributed by atoms with Gasteiger partial charge in [0.2, 0.25) is 0 Å². The first-order valence-electron chi connectivity index (χ1n) is 6.89. The number of carbonyl (C=O) groups is 1. The highest BCUT2D eigenvalue weighted by Gasteiger charge is 2.28. The van der Waals surface area contributed by atoms with Crippen molar-refractivity contribution in [3.8, 4) is 0 Å². The van der Waals surface area contributed by atoms with Gasteiger partial charge in [0.1, 0.15) is 6.17 Å². The van der Waals surface area contributed by atoms with Crippen LogP contribution in [0.5, 0.6) is 0 Å². The largest absolute Gasteiger partial charge is 0.364 e. The third kappa shape index (κ3) is 2.81. The van der Waals surface area contributed by atoms with E-state index in [0.717, 1.165) is 18.3 Å². The molecule has 2 N–H and O–H groups in total. The average molecular weight is 277 g/mol. The van der Waals surface area contributed by atoms with Crippen LogP contribution in [0.3, 0.4) is 0 Å². The Morgan fingerprint density at radius 3 is 2.75 bits per heavy atom. The number of hydrogen-bond acceptors (Lipinski definition) is 4. The molecule has 0 aromatic rings. The van der Waals surface area contributed by atoms with E-state index in [0.29, 0.717) is 24.4 Å². The van der Waals surface area contributed by atoms with Crippen LogP contribution in [0, 0.1) is 11.3 Å². The van der Waals surface area contributed by atoms with Gasteiger partial charge in [0.25, 0.3) is 0 Å². The third-order valence-corrected chi connectivity index (χ3v) is 3.76. The Morgan fingerprint density at radius 1 is 1.60 bits per heavy atom. The monoisotopic (exact) mass is 277 g/mol. The third-order valence-electron chi connectivity index (χ3n) is 3.76. The van der Waals surface area contributed by atoms with E-state index in [9.17, 15) is 9.18 Å². The Hall–Kier alpha value is -1.91. The van der Waals surface area contributed by atoms with Crippen molar-refractivity contribution in [2.24, 2.45) is 5.92 Å². The zero-order chi connectivity index (χ0) is 14.7. The van der Waals surface area contributed by atoms with Crippen molar-refractivity contribution in [1.82, 2.24) is 10.2 Å². The first-order chi connectivity index (χ1) is 9.56. The maximum Gasteiger partial charge on any atom is 0.169 e. The number of Topliss-reactive ketones (excluding diaryl/α,β-unsaturated/α-hetero) is 1. The molecule has 20 heavy (non-hydrogen) atoms. The van der Waals surface area contributed by atoms with Crippen LogP contribution in [0.25, 0.3) is 0 Å². The number of ketones is 1. The topological polar surface area (TPSA) is 56.2 Å². The molecule has 2 heterocycles. The van der Waals surface area contributed by atoms with Crippen molar-refractivity contribution in [2.75, 3.05) is 13.1 Å². The molecule has 1 saturated heterocycles. The molecule has 0 aromatic carbocycles. The minimum Gasteiger partial charge on any atom is -0.364 e. The van der Waals surface area contributed by atoms with E-state index >= 15 is 0 Å². The van der Waals surface area contributed by atoms with Crippen molar-refractivity contribution in [3.05, 3.63) is 35.3 Å². The van der Waals surface area contributed by atoms with Crippen LogP contribution in [-0.2, 0) is 4.79 Å². The Kier molecular flexibility index (Phi) is 4.37. The lowest BCUT2D eigenvalue weighted by molar-refractivity contribution is -0.118. The molecule has 1 atom stereocenters. The van der Waals surface area contributed by atoms with Crippen molar-refractivity contribution in [3.63, 3.8) is 0 Å². The maximum atomic E-state index is 12.8. The minimum atomic E-state index is -0.745. The van der Waals surface area contributed by atoms with Gasteiger partial charge < -0.3 is 15.6 Å².